The number of rotatable bonds is 2. The molecule has 0 unspecified atom stereocenters. The average molecular weight is 289 g/mol. The van der Waals surface area contributed by atoms with Gasteiger partial charge in [0.05, 0.1) is 17.4 Å². The first kappa shape index (κ1) is 12.7. The second kappa shape index (κ2) is 5.02. The number of anilines is 2. The van der Waals surface area contributed by atoms with E-state index in [1.807, 2.05) is 37.3 Å². The predicted octanol–water partition coefficient (Wildman–Crippen LogP) is 3.87. The van der Waals surface area contributed by atoms with E-state index in [1.54, 1.807) is 0 Å². The molecule has 0 aliphatic heterocycles. The Morgan fingerprint density at radius 2 is 2.00 bits per heavy atom. The predicted molar refractivity (Wildman–Crippen MR) is 76.8 cm³/mol. The van der Waals surface area contributed by atoms with Gasteiger partial charge in [0.2, 0.25) is 5.28 Å². The number of fused-ring (bicyclic) bond motifs is 1. The molecule has 1 aromatic carbocycles. The number of hydrogen-bond donors (Lipinski definition) is 1. The first-order valence-electron chi connectivity index (χ1n) is 5.95. The molecule has 0 aliphatic carbocycles. The minimum atomic E-state index is -0.570. The van der Waals surface area contributed by atoms with E-state index in [9.17, 15) is 4.39 Å². The topological polar surface area (TPSA) is 50.7 Å². The normalized spacial score (nSPS) is 10.8. The molecule has 0 saturated carbocycles. The lowest BCUT2D eigenvalue weighted by atomic mass is 10.1. The summed E-state index contributed by atoms with van der Waals surface area (Å²) in [5.74, 6) is -0.542. The van der Waals surface area contributed by atoms with Gasteiger partial charge in [-0.25, -0.2) is 9.37 Å². The summed E-state index contributed by atoms with van der Waals surface area (Å²) in [5, 5.41) is 3.85. The highest BCUT2D eigenvalue weighted by molar-refractivity contribution is 6.28. The molecule has 100 valence electrons. The summed E-state index contributed by atoms with van der Waals surface area (Å²) in [7, 11) is 0. The smallest absolute Gasteiger partial charge is 0.224 e. The Kier molecular flexibility index (Phi) is 3.20. The van der Waals surface area contributed by atoms with Crippen LogP contribution in [0.3, 0.4) is 0 Å². The highest BCUT2D eigenvalue weighted by Gasteiger charge is 2.09. The number of para-hydroxylation sites is 1. The molecule has 0 aliphatic rings. The molecule has 0 spiro atoms. The van der Waals surface area contributed by atoms with Gasteiger partial charge in [-0.15, -0.1) is 0 Å². The Hall–Kier alpha value is -2.27. The van der Waals surface area contributed by atoms with Gasteiger partial charge in [-0.3, -0.25) is 4.98 Å². The van der Waals surface area contributed by atoms with Gasteiger partial charge in [0.15, 0.2) is 11.6 Å². The van der Waals surface area contributed by atoms with Gasteiger partial charge in [-0.05, 0) is 30.7 Å². The third kappa shape index (κ3) is 2.40. The van der Waals surface area contributed by atoms with Crippen molar-refractivity contribution >= 4 is 34.0 Å². The van der Waals surface area contributed by atoms with Crippen molar-refractivity contribution in [3.63, 3.8) is 0 Å². The summed E-state index contributed by atoms with van der Waals surface area (Å²) in [4.78, 5) is 11.9. The molecular formula is C14H10ClFN4. The number of hydrogen-bond acceptors (Lipinski definition) is 4. The van der Waals surface area contributed by atoms with Crippen LogP contribution in [0.5, 0.6) is 0 Å². The number of halogens is 2. The SMILES string of the molecule is Cc1ccc2cccc(Nc3nc(Cl)ncc3F)c2n1. The maximum atomic E-state index is 13.7. The maximum absolute atomic E-state index is 13.7. The van der Waals surface area contributed by atoms with Gasteiger partial charge in [0.25, 0.3) is 0 Å². The maximum Gasteiger partial charge on any atom is 0.224 e. The van der Waals surface area contributed by atoms with Crippen molar-refractivity contribution in [2.75, 3.05) is 5.32 Å². The van der Waals surface area contributed by atoms with Gasteiger partial charge >= 0.3 is 0 Å². The monoisotopic (exact) mass is 288 g/mol. The van der Waals surface area contributed by atoms with E-state index in [0.717, 1.165) is 22.8 Å². The minimum absolute atomic E-state index is 0.0155. The molecular weight excluding hydrogens is 279 g/mol. The quantitative estimate of drug-likeness (QED) is 0.727. The Bertz CT molecular complexity index is 791. The van der Waals surface area contributed by atoms with Gasteiger partial charge in [0.1, 0.15) is 0 Å². The molecule has 3 rings (SSSR count). The Morgan fingerprint density at radius 1 is 1.15 bits per heavy atom. The summed E-state index contributed by atoms with van der Waals surface area (Å²) in [6.45, 7) is 1.90. The van der Waals surface area contributed by atoms with E-state index in [4.69, 9.17) is 11.6 Å². The fourth-order valence-corrected chi connectivity index (χ4v) is 2.04. The molecule has 4 nitrogen and oxygen atoms in total. The molecule has 0 radical (unpaired) electrons. The summed E-state index contributed by atoms with van der Waals surface area (Å²) in [6, 6.07) is 9.50. The van der Waals surface area contributed by atoms with E-state index in [-0.39, 0.29) is 11.1 Å². The van der Waals surface area contributed by atoms with Crippen LogP contribution in [0.2, 0.25) is 5.28 Å². The van der Waals surface area contributed by atoms with Crippen LogP contribution in [-0.4, -0.2) is 15.0 Å². The van der Waals surface area contributed by atoms with Crippen LogP contribution in [0.4, 0.5) is 15.9 Å². The van der Waals surface area contributed by atoms with Crippen molar-refractivity contribution in [2.24, 2.45) is 0 Å². The van der Waals surface area contributed by atoms with Crippen molar-refractivity contribution in [3.8, 4) is 0 Å². The highest BCUT2D eigenvalue weighted by Crippen LogP contribution is 2.25. The first-order valence-corrected chi connectivity index (χ1v) is 6.33. The summed E-state index contributed by atoms with van der Waals surface area (Å²) in [5.41, 5.74) is 2.30. The van der Waals surface area contributed by atoms with Gasteiger partial charge in [0, 0.05) is 11.1 Å². The van der Waals surface area contributed by atoms with Gasteiger partial charge in [-0.2, -0.15) is 4.98 Å². The van der Waals surface area contributed by atoms with Gasteiger partial charge in [-0.1, -0.05) is 18.2 Å². The third-order valence-corrected chi connectivity index (χ3v) is 3.01. The summed E-state index contributed by atoms with van der Waals surface area (Å²) < 4.78 is 13.7. The first-order chi connectivity index (χ1) is 9.63. The molecule has 1 N–H and O–H groups in total. The van der Waals surface area contributed by atoms with Crippen molar-refractivity contribution < 1.29 is 4.39 Å². The second-order valence-corrected chi connectivity index (χ2v) is 4.63. The van der Waals surface area contributed by atoms with E-state index >= 15 is 0 Å². The molecule has 0 bridgehead atoms. The summed E-state index contributed by atoms with van der Waals surface area (Å²) in [6.07, 6.45) is 1.03. The molecule has 2 heterocycles. The minimum Gasteiger partial charge on any atom is -0.336 e. The lowest BCUT2D eigenvalue weighted by Crippen LogP contribution is -2.00. The second-order valence-electron chi connectivity index (χ2n) is 4.29. The molecule has 2 aromatic heterocycles. The third-order valence-electron chi connectivity index (χ3n) is 2.83. The van der Waals surface area contributed by atoms with Gasteiger partial charge < -0.3 is 5.32 Å². The van der Waals surface area contributed by atoms with E-state index in [2.05, 4.69) is 20.3 Å². The standard InChI is InChI=1S/C14H10ClFN4/c1-8-5-6-9-3-2-4-11(12(9)18-8)19-13-10(16)7-17-14(15)20-13/h2-7H,1H3,(H,17,19,20). The van der Waals surface area contributed by atoms with Crippen LogP contribution >= 0.6 is 11.6 Å². The molecule has 0 fully saturated rings. The molecule has 0 amide bonds. The Balaban J connectivity index is 2.10. The number of nitrogens with zero attached hydrogens (tertiary/aromatic N) is 3. The Morgan fingerprint density at radius 3 is 2.85 bits per heavy atom. The van der Waals surface area contributed by atoms with E-state index < -0.39 is 5.82 Å². The number of nitrogens with one attached hydrogen (secondary N) is 1. The van der Waals surface area contributed by atoms with Crippen LogP contribution in [0, 0.1) is 12.7 Å². The van der Waals surface area contributed by atoms with Crippen LogP contribution in [-0.2, 0) is 0 Å². The number of aryl methyl sites for hydroxylation is 1. The number of pyridine rings is 1. The zero-order chi connectivity index (χ0) is 14.1. The lowest BCUT2D eigenvalue weighted by molar-refractivity contribution is 0.619. The zero-order valence-corrected chi connectivity index (χ0v) is 11.3. The van der Waals surface area contributed by atoms with Crippen molar-refractivity contribution in [3.05, 3.63) is 53.3 Å². The highest BCUT2D eigenvalue weighted by atomic mass is 35.5. The molecule has 6 heteroatoms. The molecule has 0 saturated heterocycles. The van der Waals surface area contributed by atoms with E-state index in [0.29, 0.717) is 5.69 Å². The lowest BCUT2D eigenvalue weighted by Gasteiger charge is -2.09. The molecule has 0 atom stereocenters. The fourth-order valence-electron chi connectivity index (χ4n) is 1.91. The van der Waals surface area contributed by atoms with Crippen LogP contribution in [0.1, 0.15) is 5.69 Å². The van der Waals surface area contributed by atoms with Crippen molar-refractivity contribution in [1.29, 1.82) is 0 Å². The van der Waals surface area contributed by atoms with Crippen LogP contribution < -0.4 is 5.32 Å². The largest absolute Gasteiger partial charge is 0.336 e. The zero-order valence-electron chi connectivity index (χ0n) is 10.6. The number of aromatic nitrogens is 3. The Labute approximate surface area is 119 Å². The summed E-state index contributed by atoms with van der Waals surface area (Å²) >= 11 is 5.68. The van der Waals surface area contributed by atoms with E-state index in [1.165, 1.54) is 0 Å². The van der Waals surface area contributed by atoms with Crippen LogP contribution in [0.15, 0.2) is 36.5 Å². The number of benzene rings is 1. The van der Waals surface area contributed by atoms with Crippen molar-refractivity contribution in [2.45, 2.75) is 6.92 Å². The average Bonchev–Trinajstić information content (AvgIpc) is 2.43. The molecule has 3 aromatic rings. The van der Waals surface area contributed by atoms with Crippen molar-refractivity contribution in [1.82, 2.24) is 15.0 Å². The van der Waals surface area contributed by atoms with Crippen LogP contribution in [0.25, 0.3) is 10.9 Å². The molecule has 20 heavy (non-hydrogen) atoms. The fraction of sp³-hybridized carbons (Fsp3) is 0.0714.